The molecule has 0 radical (unpaired) electrons. The van der Waals surface area contributed by atoms with Crippen LogP contribution in [0.2, 0.25) is 0 Å². The molecule has 1 aromatic rings. The third-order valence-corrected chi connectivity index (χ3v) is 3.84. The van der Waals surface area contributed by atoms with Gasteiger partial charge in [0.15, 0.2) is 0 Å². The summed E-state index contributed by atoms with van der Waals surface area (Å²) in [6.07, 6.45) is 2.13. The standard InChI is InChI=1S/C16H22N2O3/c17-8-12-4-1-2-7-16(12)21-11-14(19)10-18-9-13-5-3-6-15(13)20/h1-2,4,7,13-15,18-20H,3,5-6,9-11H2. The first-order chi connectivity index (χ1) is 10.2. The lowest BCUT2D eigenvalue weighted by Gasteiger charge is -2.17. The molecule has 3 N–H and O–H groups in total. The molecule has 0 aliphatic heterocycles. The third kappa shape index (κ3) is 4.71. The number of hydrogen-bond donors (Lipinski definition) is 3. The zero-order valence-corrected chi connectivity index (χ0v) is 12.0. The van der Waals surface area contributed by atoms with E-state index in [2.05, 4.69) is 11.4 Å². The maximum atomic E-state index is 9.88. The van der Waals surface area contributed by atoms with E-state index in [0.717, 1.165) is 19.3 Å². The van der Waals surface area contributed by atoms with Crippen LogP contribution in [0, 0.1) is 17.2 Å². The molecule has 1 saturated carbocycles. The Kier molecular flexibility index (Phi) is 6.00. The normalized spacial score (nSPS) is 22.7. The summed E-state index contributed by atoms with van der Waals surface area (Å²) in [5.74, 6) is 0.780. The maximum Gasteiger partial charge on any atom is 0.137 e. The second kappa shape index (κ2) is 7.99. The lowest BCUT2D eigenvalue weighted by Crippen LogP contribution is -2.36. The van der Waals surface area contributed by atoms with Crippen LogP contribution in [-0.2, 0) is 0 Å². The van der Waals surface area contributed by atoms with Gasteiger partial charge >= 0.3 is 0 Å². The average Bonchev–Trinajstić information content (AvgIpc) is 2.91. The van der Waals surface area contributed by atoms with Crippen molar-refractivity contribution < 1.29 is 14.9 Å². The molecule has 5 heteroatoms. The molecule has 0 amide bonds. The molecule has 0 bridgehead atoms. The van der Waals surface area contributed by atoms with Gasteiger partial charge in [0.25, 0.3) is 0 Å². The van der Waals surface area contributed by atoms with Crippen molar-refractivity contribution in [3.8, 4) is 11.8 Å². The average molecular weight is 290 g/mol. The molecular weight excluding hydrogens is 268 g/mol. The van der Waals surface area contributed by atoms with Crippen molar-refractivity contribution >= 4 is 0 Å². The van der Waals surface area contributed by atoms with Crippen LogP contribution in [0.1, 0.15) is 24.8 Å². The fraction of sp³-hybridized carbons (Fsp3) is 0.562. The predicted molar refractivity (Wildman–Crippen MR) is 78.9 cm³/mol. The minimum atomic E-state index is -0.643. The van der Waals surface area contributed by atoms with E-state index in [1.165, 1.54) is 0 Å². The van der Waals surface area contributed by atoms with Crippen LogP contribution in [0.15, 0.2) is 24.3 Å². The Bertz CT molecular complexity index is 487. The summed E-state index contributed by atoms with van der Waals surface area (Å²) in [6, 6.07) is 9.02. The van der Waals surface area contributed by atoms with Crippen LogP contribution >= 0.6 is 0 Å². The zero-order chi connectivity index (χ0) is 15.1. The van der Waals surface area contributed by atoms with Gasteiger partial charge in [-0.15, -0.1) is 0 Å². The van der Waals surface area contributed by atoms with Crippen molar-refractivity contribution in [2.45, 2.75) is 31.5 Å². The molecule has 3 atom stereocenters. The molecule has 0 spiro atoms. The molecule has 1 aromatic carbocycles. The molecule has 2 rings (SSSR count). The number of aliphatic hydroxyl groups is 2. The number of nitrogens with one attached hydrogen (secondary N) is 1. The number of aliphatic hydroxyl groups excluding tert-OH is 2. The monoisotopic (exact) mass is 290 g/mol. The van der Waals surface area contributed by atoms with Gasteiger partial charge in [0.1, 0.15) is 24.5 Å². The Morgan fingerprint density at radius 1 is 1.38 bits per heavy atom. The fourth-order valence-corrected chi connectivity index (χ4v) is 2.62. The molecule has 0 aromatic heterocycles. The molecule has 1 aliphatic carbocycles. The molecule has 0 heterocycles. The summed E-state index contributed by atoms with van der Waals surface area (Å²) >= 11 is 0. The van der Waals surface area contributed by atoms with Crippen molar-refractivity contribution in [1.82, 2.24) is 5.32 Å². The number of para-hydroxylation sites is 1. The highest BCUT2D eigenvalue weighted by molar-refractivity contribution is 5.42. The van der Waals surface area contributed by atoms with Gasteiger partial charge in [-0.3, -0.25) is 0 Å². The second-order valence-corrected chi connectivity index (χ2v) is 5.49. The zero-order valence-electron chi connectivity index (χ0n) is 12.0. The van der Waals surface area contributed by atoms with E-state index in [4.69, 9.17) is 10.00 Å². The van der Waals surface area contributed by atoms with E-state index in [0.29, 0.717) is 24.4 Å². The van der Waals surface area contributed by atoms with E-state index in [1.54, 1.807) is 24.3 Å². The van der Waals surface area contributed by atoms with Crippen molar-refractivity contribution in [3.63, 3.8) is 0 Å². The molecule has 0 saturated heterocycles. The van der Waals surface area contributed by atoms with Gasteiger partial charge in [-0.2, -0.15) is 5.26 Å². The summed E-state index contributed by atoms with van der Waals surface area (Å²) in [7, 11) is 0. The lowest BCUT2D eigenvalue weighted by molar-refractivity contribution is 0.0980. The Morgan fingerprint density at radius 2 is 2.19 bits per heavy atom. The predicted octanol–water partition coefficient (Wildman–Crippen LogP) is 1.05. The van der Waals surface area contributed by atoms with Crippen LogP contribution in [0.25, 0.3) is 0 Å². The Balaban J connectivity index is 1.68. The van der Waals surface area contributed by atoms with E-state index >= 15 is 0 Å². The molecule has 21 heavy (non-hydrogen) atoms. The van der Waals surface area contributed by atoms with Crippen LogP contribution in [0.4, 0.5) is 0 Å². The highest BCUT2D eigenvalue weighted by Crippen LogP contribution is 2.24. The number of benzene rings is 1. The Morgan fingerprint density at radius 3 is 2.90 bits per heavy atom. The van der Waals surface area contributed by atoms with Gasteiger partial charge in [0, 0.05) is 13.1 Å². The van der Waals surface area contributed by atoms with Crippen molar-refractivity contribution in [2.75, 3.05) is 19.7 Å². The van der Waals surface area contributed by atoms with E-state index in [1.807, 2.05) is 0 Å². The highest BCUT2D eigenvalue weighted by Gasteiger charge is 2.24. The van der Waals surface area contributed by atoms with E-state index < -0.39 is 6.10 Å². The van der Waals surface area contributed by atoms with Gasteiger partial charge < -0.3 is 20.3 Å². The van der Waals surface area contributed by atoms with Crippen LogP contribution in [-0.4, -0.2) is 42.1 Å². The summed E-state index contributed by atoms with van der Waals surface area (Å²) in [4.78, 5) is 0. The van der Waals surface area contributed by atoms with Crippen LogP contribution < -0.4 is 10.1 Å². The Labute approximate surface area is 125 Å². The smallest absolute Gasteiger partial charge is 0.137 e. The number of hydrogen-bond acceptors (Lipinski definition) is 5. The van der Waals surface area contributed by atoms with Crippen molar-refractivity contribution in [1.29, 1.82) is 5.26 Å². The first kappa shape index (κ1) is 15.8. The molecule has 1 fully saturated rings. The number of ether oxygens (including phenoxy) is 1. The quantitative estimate of drug-likeness (QED) is 0.699. The van der Waals surface area contributed by atoms with Crippen molar-refractivity contribution in [3.05, 3.63) is 29.8 Å². The third-order valence-electron chi connectivity index (χ3n) is 3.84. The SMILES string of the molecule is N#Cc1ccccc1OCC(O)CNCC1CCCC1O. The molecule has 114 valence electrons. The van der Waals surface area contributed by atoms with Gasteiger partial charge in [0.2, 0.25) is 0 Å². The Hall–Kier alpha value is -1.61. The van der Waals surface area contributed by atoms with Gasteiger partial charge in [0.05, 0.1) is 11.7 Å². The largest absolute Gasteiger partial charge is 0.489 e. The van der Waals surface area contributed by atoms with Crippen LogP contribution in [0.5, 0.6) is 5.75 Å². The topological polar surface area (TPSA) is 85.5 Å². The van der Waals surface area contributed by atoms with Crippen molar-refractivity contribution in [2.24, 2.45) is 5.92 Å². The first-order valence-corrected chi connectivity index (χ1v) is 7.39. The molecular formula is C16H22N2O3. The van der Waals surface area contributed by atoms with Gasteiger partial charge in [-0.25, -0.2) is 0 Å². The summed E-state index contributed by atoms with van der Waals surface area (Å²) in [6.45, 7) is 1.27. The number of rotatable bonds is 7. The first-order valence-electron chi connectivity index (χ1n) is 7.39. The van der Waals surface area contributed by atoms with Crippen LogP contribution in [0.3, 0.4) is 0 Å². The lowest BCUT2D eigenvalue weighted by atomic mass is 10.1. The minimum absolute atomic E-state index is 0.138. The number of nitriles is 1. The minimum Gasteiger partial charge on any atom is -0.489 e. The second-order valence-electron chi connectivity index (χ2n) is 5.49. The van der Waals surface area contributed by atoms with Gasteiger partial charge in [-0.1, -0.05) is 18.6 Å². The van der Waals surface area contributed by atoms with Gasteiger partial charge in [-0.05, 0) is 30.9 Å². The summed E-state index contributed by atoms with van der Waals surface area (Å²) < 4.78 is 5.47. The van der Waals surface area contributed by atoms with E-state index in [-0.39, 0.29) is 18.6 Å². The number of nitrogens with zero attached hydrogens (tertiary/aromatic N) is 1. The summed E-state index contributed by atoms with van der Waals surface area (Å²) in [5.41, 5.74) is 0.465. The van der Waals surface area contributed by atoms with E-state index in [9.17, 15) is 10.2 Å². The summed E-state index contributed by atoms with van der Waals surface area (Å²) in [5, 5.41) is 31.7. The highest BCUT2D eigenvalue weighted by atomic mass is 16.5. The molecule has 1 aliphatic rings. The maximum absolute atomic E-state index is 9.88. The molecule has 3 unspecified atom stereocenters. The fourth-order valence-electron chi connectivity index (χ4n) is 2.62. The molecule has 5 nitrogen and oxygen atoms in total.